The van der Waals surface area contributed by atoms with Crippen molar-refractivity contribution in [2.45, 2.75) is 39.5 Å². The van der Waals surface area contributed by atoms with Gasteiger partial charge in [0.2, 0.25) is 0 Å². The third kappa shape index (κ3) is 1.90. The van der Waals surface area contributed by atoms with Crippen LogP contribution in [-0.4, -0.2) is 19.6 Å². The summed E-state index contributed by atoms with van der Waals surface area (Å²) in [5, 5.41) is 3.63. The Labute approximate surface area is 127 Å². The van der Waals surface area contributed by atoms with E-state index in [4.69, 9.17) is 4.74 Å². The Morgan fingerprint density at radius 1 is 1.38 bits per heavy atom. The molecule has 3 nitrogen and oxygen atoms in total. The van der Waals surface area contributed by atoms with Gasteiger partial charge < -0.3 is 10.1 Å². The first-order chi connectivity index (χ1) is 9.95. The number of nitrogens with one attached hydrogen (secondary N) is 1. The molecule has 114 valence electrons. The lowest BCUT2D eigenvalue weighted by Crippen LogP contribution is -2.74. The normalized spacial score (nSPS) is 33.1. The molecule has 1 atom stereocenters. The molecule has 3 aliphatic carbocycles. The molecule has 0 unspecified atom stereocenters. The van der Waals surface area contributed by atoms with E-state index < -0.39 is 0 Å². The van der Waals surface area contributed by atoms with Gasteiger partial charge in [-0.15, -0.1) is 0 Å². The number of hydrogen-bond donors (Lipinski definition) is 1. The molecule has 0 aromatic heterocycles. The highest BCUT2D eigenvalue weighted by Crippen LogP contribution is 2.77. The van der Waals surface area contributed by atoms with Gasteiger partial charge in [0.25, 0.3) is 0 Å². The Hall–Kier alpha value is -1.51. The number of para-hydroxylation sites is 1. The molecular formula is C18H25NO2. The first kappa shape index (κ1) is 14.4. The second-order valence-electron chi connectivity index (χ2n) is 7.18. The standard InChI is InChI=1S/C18H25NO2/c1-12(2)14-7-5-6-8-15(14)19-11-17-9-18(10-17,13(17)3)16(20)21-4/h5-8,12-13,19H,9-11H2,1-4H3/t13-,17?,18?/m0/s1. The van der Waals surface area contributed by atoms with E-state index in [1.54, 1.807) is 0 Å². The van der Waals surface area contributed by atoms with Crippen molar-refractivity contribution in [2.24, 2.45) is 16.7 Å². The average molecular weight is 287 g/mol. The fraction of sp³-hybridized carbons (Fsp3) is 0.611. The molecule has 3 saturated carbocycles. The van der Waals surface area contributed by atoms with Gasteiger partial charge in [-0.3, -0.25) is 4.79 Å². The van der Waals surface area contributed by atoms with Gasteiger partial charge in [0.15, 0.2) is 0 Å². The van der Waals surface area contributed by atoms with Crippen molar-refractivity contribution >= 4 is 11.7 Å². The number of rotatable bonds is 5. The lowest BCUT2D eigenvalue weighted by atomic mass is 9.29. The monoisotopic (exact) mass is 287 g/mol. The van der Waals surface area contributed by atoms with Crippen LogP contribution in [0.3, 0.4) is 0 Å². The third-order valence-electron chi connectivity index (χ3n) is 5.89. The number of esters is 1. The summed E-state index contributed by atoms with van der Waals surface area (Å²) in [5.41, 5.74) is 2.71. The fourth-order valence-corrected chi connectivity index (χ4v) is 4.38. The predicted molar refractivity (Wildman–Crippen MR) is 84.3 cm³/mol. The molecule has 3 fully saturated rings. The molecule has 3 heteroatoms. The van der Waals surface area contributed by atoms with Gasteiger partial charge in [0.05, 0.1) is 12.5 Å². The highest BCUT2D eigenvalue weighted by molar-refractivity contribution is 5.82. The topological polar surface area (TPSA) is 38.3 Å². The first-order valence-electron chi connectivity index (χ1n) is 7.86. The Bertz CT molecular complexity index is 558. The summed E-state index contributed by atoms with van der Waals surface area (Å²) in [6, 6.07) is 8.52. The smallest absolute Gasteiger partial charge is 0.312 e. The van der Waals surface area contributed by atoms with Crippen molar-refractivity contribution in [3.63, 3.8) is 0 Å². The minimum Gasteiger partial charge on any atom is -0.469 e. The summed E-state index contributed by atoms with van der Waals surface area (Å²) in [7, 11) is 1.50. The molecule has 21 heavy (non-hydrogen) atoms. The van der Waals surface area contributed by atoms with Crippen LogP contribution in [-0.2, 0) is 9.53 Å². The van der Waals surface area contributed by atoms with E-state index in [-0.39, 0.29) is 16.8 Å². The number of methoxy groups -OCH3 is 1. The Kier molecular flexibility index (Phi) is 3.27. The largest absolute Gasteiger partial charge is 0.469 e. The van der Waals surface area contributed by atoms with Crippen molar-refractivity contribution in [3.8, 4) is 0 Å². The zero-order valence-electron chi connectivity index (χ0n) is 13.4. The maximum Gasteiger partial charge on any atom is 0.312 e. The predicted octanol–water partition coefficient (Wildman–Crippen LogP) is 3.81. The molecular weight excluding hydrogens is 262 g/mol. The highest BCUT2D eigenvalue weighted by atomic mass is 16.5. The van der Waals surface area contributed by atoms with E-state index in [2.05, 4.69) is 50.4 Å². The highest BCUT2D eigenvalue weighted by Gasteiger charge is 2.77. The molecule has 0 amide bonds. The van der Waals surface area contributed by atoms with Gasteiger partial charge in [-0.2, -0.15) is 0 Å². The molecule has 0 heterocycles. The molecule has 0 aliphatic heterocycles. The summed E-state index contributed by atoms with van der Waals surface area (Å²) in [4.78, 5) is 11.9. The molecule has 2 bridgehead atoms. The molecule has 0 saturated heterocycles. The number of anilines is 1. The van der Waals surface area contributed by atoms with Crippen LogP contribution in [0, 0.1) is 16.7 Å². The Balaban J connectivity index is 1.65. The van der Waals surface area contributed by atoms with E-state index >= 15 is 0 Å². The van der Waals surface area contributed by atoms with E-state index in [1.165, 1.54) is 18.4 Å². The minimum absolute atomic E-state index is 0.0144. The first-order valence-corrected chi connectivity index (χ1v) is 7.86. The van der Waals surface area contributed by atoms with Crippen molar-refractivity contribution in [1.82, 2.24) is 0 Å². The molecule has 1 N–H and O–H groups in total. The number of hydrogen-bond acceptors (Lipinski definition) is 3. The van der Waals surface area contributed by atoms with E-state index in [9.17, 15) is 4.79 Å². The fourth-order valence-electron chi connectivity index (χ4n) is 4.38. The summed E-state index contributed by atoms with van der Waals surface area (Å²) in [6.07, 6.45) is 1.95. The van der Waals surface area contributed by atoms with Crippen LogP contribution in [0.1, 0.15) is 45.1 Å². The second kappa shape index (κ2) is 4.75. The van der Waals surface area contributed by atoms with Crippen LogP contribution in [0.15, 0.2) is 24.3 Å². The van der Waals surface area contributed by atoms with Crippen molar-refractivity contribution in [3.05, 3.63) is 29.8 Å². The average Bonchev–Trinajstić information content (AvgIpc) is 2.45. The summed E-state index contributed by atoms with van der Waals surface area (Å²) < 4.78 is 4.96. The van der Waals surface area contributed by atoms with Gasteiger partial charge in [-0.25, -0.2) is 0 Å². The molecule has 0 radical (unpaired) electrons. The minimum atomic E-state index is -0.173. The summed E-state index contributed by atoms with van der Waals surface area (Å²) in [6.45, 7) is 7.59. The second-order valence-corrected chi connectivity index (χ2v) is 7.18. The van der Waals surface area contributed by atoms with Crippen LogP contribution in [0.25, 0.3) is 0 Å². The molecule has 1 aromatic carbocycles. The maximum absolute atomic E-state index is 11.9. The summed E-state index contributed by atoms with van der Waals surface area (Å²) in [5.74, 6) is 0.927. The van der Waals surface area contributed by atoms with Crippen LogP contribution >= 0.6 is 0 Å². The SMILES string of the molecule is COC(=O)C12CC(CNc3ccccc3C(C)C)(C1)[C@@H]2C. The maximum atomic E-state index is 11.9. The quantitative estimate of drug-likeness (QED) is 0.837. The lowest BCUT2D eigenvalue weighted by molar-refractivity contribution is -0.263. The number of carbonyl (C=O) groups excluding carboxylic acids is 1. The Morgan fingerprint density at radius 2 is 2.05 bits per heavy atom. The summed E-state index contributed by atoms with van der Waals surface area (Å²) >= 11 is 0. The van der Waals surface area contributed by atoms with Gasteiger partial charge in [-0.05, 0) is 41.7 Å². The lowest BCUT2D eigenvalue weighted by Gasteiger charge is -2.74. The number of ether oxygens (including phenoxy) is 1. The van der Waals surface area contributed by atoms with Gasteiger partial charge in [0, 0.05) is 12.2 Å². The van der Waals surface area contributed by atoms with Crippen LogP contribution in [0.2, 0.25) is 0 Å². The van der Waals surface area contributed by atoms with Crippen molar-refractivity contribution in [2.75, 3.05) is 19.0 Å². The zero-order chi connectivity index (χ0) is 15.3. The molecule has 3 aliphatic rings. The number of carbonyl (C=O) groups is 1. The van der Waals surface area contributed by atoms with Gasteiger partial charge in [0.1, 0.15) is 0 Å². The van der Waals surface area contributed by atoms with E-state index in [0.29, 0.717) is 11.8 Å². The number of benzene rings is 1. The molecule has 4 rings (SSSR count). The van der Waals surface area contributed by atoms with Crippen molar-refractivity contribution < 1.29 is 9.53 Å². The molecule has 0 spiro atoms. The molecule has 1 aromatic rings. The van der Waals surface area contributed by atoms with E-state index in [0.717, 1.165) is 19.4 Å². The van der Waals surface area contributed by atoms with Crippen LogP contribution < -0.4 is 5.32 Å². The van der Waals surface area contributed by atoms with Crippen LogP contribution in [0.4, 0.5) is 5.69 Å². The van der Waals surface area contributed by atoms with Gasteiger partial charge in [-0.1, -0.05) is 39.0 Å². The zero-order valence-corrected chi connectivity index (χ0v) is 13.4. The van der Waals surface area contributed by atoms with Gasteiger partial charge >= 0.3 is 5.97 Å². The van der Waals surface area contributed by atoms with Crippen molar-refractivity contribution in [1.29, 1.82) is 0 Å². The van der Waals surface area contributed by atoms with Crippen LogP contribution in [0.5, 0.6) is 0 Å². The Morgan fingerprint density at radius 3 is 2.62 bits per heavy atom. The van der Waals surface area contributed by atoms with E-state index in [1.807, 2.05) is 0 Å². The third-order valence-corrected chi connectivity index (χ3v) is 5.89.